The molecule has 10 aromatic rings. The molecule has 0 bridgehead atoms. The number of benzene rings is 10. The molecule has 64 heavy (non-hydrogen) atoms. The summed E-state index contributed by atoms with van der Waals surface area (Å²) in [6.45, 7) is 13.4. The van der Waals surface area contributed by atoms with Gasteiger partial charge in [0.1, 0.15) is 0 Å². The van der Waals surface area contributed by atoms with Crippen LogP contribution in [0.5, 0.6) is 0 Å². The van der Waals surface area contributed by atoms with Crippen molar-refractivity contribution in [1.29, 1.82) is 0 Å². The van der Waals surface area contributed by atoms with Crippen LogP contribution >= 0.6 is 0 Å². The van der Waals surface area contributed by atoms with Gasteiger partial charge in [-0.15, -0.1) is 0 Å². The topological polar surface area (TPSA) is 6.48 Å². The lowest BCUT2D eigenvalue weighted by Gasteiger charge is -2.31. The van der Waals surface area contributed by atoms with Gasteiger partial charge in [0.15, 0.2) is 0 Å². The highest BCUT2D eigenvalue weighted by Crippen LogP contribution is 2.52. The van der Waals surface area contributed by atoms with E-state index in [1.54, 1.807) is 0 Å². The quantitative estimate of drug-likeness (QED) is 0.151. The molecule has 0 amide bonds. The lowest BCUT2D eigenvalue weighted by molar-refractivity contribution is 1.20. The maximum absolute atomic E-state index is 2.48. The van der Waals surface area contributed by atoms with E-state index in [4.69, 9.17) is 0 Å². The number of para-hydroxylation sites is 2. The lowest BCUT2D eigenvalue weighted by atomic mass is 9.78. The molecule has 0 spiro atoms. The van der Waals surface area contributed by atoms with E-state index in [9.17, 15) is 0 Å². The van der Waals surface area contributed by atoms with Gasteiger partial charge in [-0.1, -0.05) is 133 Å². The number of hydrogen-bond acceptors (Lipinski definition) is 2. The van der Waals surface area contributed by atoms with E-state index < -0.39 is 0 Å². The van der Waals surface area contributed by atoms with Gasteiger partial charge in [-0.05, 0) is 202 Å². The molecular formula is C62H50N2. The first kappa shape index (κ1) is 39.2. The van der Waals surface area contributed by atoms with Crippen LogP contribution < -0.4 is 9.80 Å². The van der Waals surface area contributed by atoms with Crippen molar-refractivity contribution < 1.29 is 0 Å². The molecule has 0 unspecified atom stereocenters. The van der Waals surface area contributed by atoms with Crippen molar-refractivity contribution in [2.75, 3.05) is 9.80 Å². The minimum absolute atomic E-state index is 1.15. The summed E-state index contributed by atoms with van der Waals surface area (Å²) in [5.74, 6) is 0. The third-order valence-corrected chi connectivity index (χ3v) is 13.5. The van der Waals surface area contributed by atoms with Crippen LogP contribution in [-0.2, 0) is 0 Å². The van der Waals surface area contributed by atoms with E-state index in [1.807, 2.05) is 0 Å². The van der Waals surface area contributed by atoms with Crippen LogP contribution in [0.1, 0.15) is 33.4 Å². The zero-order valence-corrected chi connectivity index (χ0v) is 37.4. The van der Waals surface area contributed by atoms with Gasteiger partial charge in [-0.2, -0.15) is 0 Å². The molecule has 10 aromatic carbocycles. The van der Waals surface area contributed by atoms with Crippen LogP contribution in [-0.4, -0.2) is 0 Å². The minimum atomic E-state index is 1.15. The molecule has 0 aromatic heterocycles. The van der Waals surface area contributed by atoms with Gasteiger partial charge in [0, 0.05) is 22.7 Å². The summed E-state index contributed by atoms with van der Waals surface area (Å²) < 4.78 is 0. The van der Waals surface area contributed by atoms with Crippen LogP contribution in [0.2, 0.25) is 0 Å². The molecular weight excluding hydrogens is 773 g/mol. The molecule has 1 aliphatic carbocycles. The molecule has 0 atom stereocenters. The predicted octanol–water partition coefficient (Wildman–Crippen LogP) is 17.8. The molecule has 0 fully saturated rings. The van der Waals surface area contributed by atoms with Crippen LogP contribution in [0.15, 0.2) is 194 Å². The van der Waals surface area contributed by atoms with Gasteiger partial charge in [0.25, 0.3) is 0 Å². The Balaban J connectivity index is 1.01. The van der Waals surface area contributed by atoms with Crippen molar-refractivity contribution in [1.82, 2.24) is 0 Å². The smallest absolute Gasteiger partial charge is 0.0520 e. The fourth-order valence-electron chi connectivity index (χ4n) is 10.1. The summed E-state index contributed by atoms with van der Waals surface area (Å²) in [6.07, 6.45) is 0. The number of anilines is 6. The van der Waals surface area contributed by atoms with Crippen molar-refractivity contribution in [3.63, 3.8) is 0 Å². The zero-order chi connectivity index (χ0) is 43.6. The van der Waals surface area contributed by atoms with Gasteiger partial charge < -0.3 is 9.80 Å². The van der Waals surface area contributed by atoms with Gasteiger partial charge in [-0.25, -0.2) is 0 Å². The van der Waals surface area contributed by atoms with Crippen LogP contribution in [0.4, 0.5) is 34.1 Å². The van der Waals surface area contributed by atoms with E-state index in [2.05, 4.69) is 245 Å². The van der Waals surface area contributed by atoms with E-state index in [0.717, 1.165) is 11.4 Å². The normalized spacial score (nSPS) is 11.6. The summed E-state index contributed by atoms with van der Waals surface area (Å²) >= 11 is 0. The van der Waals surface area contributed by atoms with E-state index in [1.165, 1.54) is 122 Å². The van der Waals surface area contributed by atoms with E-state index in [-0.39, 0.29) is 0 Å². The van der Waals surface area contributed by atoms with Crippen LogP contribution in [0, 0.1) is 41.5 Å². The molecule has 2 heteroatoms. The summed E-state index contributed by atoms with van der Waals surface area (Å²) in [5, 5.41) is 4.96. The van der Waals surface area contributed by atoms with E-state index >= 15 is 0 Å². The van der Waals surface area contributed by atoms with Crippen molar-refractivity contribution >= 4 is 55.7 Å². The average molecular weight is 823 g/mol. The third-order valence-electron chi connectivity index (χ3n) is 13.5. The molecule has 0 saturated heterocycles. The first-order valence-corrected chi connectivity index (χ1v) is 22.4. The highest BCUT2D eigenvalue weighted by molar-refractivity contribution is 6.12. The fourth-order valence-corrected chi connectivity index (χ4v) is 10.1. The molecule has 2 nitrogen and oxygen atoms in total. The van der Waals surface area contributed by atoms with E-state index in [0.29, 0.717) is 0 Å². The number of fused-ring (bicyclic) bond motifs is 6. The summed E-state index contributed by atoms with van der Waals surface area (Å²) in [6, 6.07) is 72.0. The standard InChI is InChI=1S/C62H50N2/c1-39-23-25-49(45-19-9-7-10-20-45)37-59(39)63(61-41(3)15-13-16-42(61)4)53-29-27-47-33-55-57(35-51(47)31-53)56-34-48-28-30-54(32-52(48)36-58(55)56)64(62-43(5)17-14-18-44(62)6)60-38-50(26-24-40(60)2)46-21-11-8-12-22-46/h7-38H,1-6H3. The second-order valence-electron chi connectivity index (χ2n) is 17.7. The fraction of sp³-hybridized carbons (Fsp3) is 0.0968. The number of nitrogens with zero attached hydrogens (tertiary/aromatic N) is 2. The predicted molar refractivity (Wildman–Crippen MR) is 275 cm³/mol. The van der Waals surface area contributed by atoms with Gasteiger partial charge in [0.2, 0.25) is 0 Å². The minimum Gasteiger partial charge on any atom is -0.310 e. The number of hydrogen-bond donors (Lipinski definition) is 0. The highest BCUT2D eigenvalue weighted by Gasteiger charge is 2.26. The van der Waals surface area contributed by atoms with Crippen molar-refractivity contribution in [3.8, 4) is 44.5 Å². The monoisotopic (exact) mass is 822 g/mol. The number of aryl methyl sites for hydroxylation is 6. The molecule has 0 aliphatic heterocycles. The Hall–Kier alpha value is -7.68. The largest absolute Gasteiger partial charge is 0.310 e. The summed E-state index contributed by atoms with van der Waals surface area (Å²) in [4.78, 5) is 4.96. The Morgan fingerprint density at radius 1 is 0.250 bits per heavy atom. The highest BCUT2D eigenvalue weighted by atomic mass is 15.2. The Morgan fingerprint density at radius 2 is 0.609 bits per heavy atom. The molecule has 308 valence electrons. The first-order chi connectivity index (χ1) is 31.2. The first-order valence-electron chi connectivity index (χ1n) is 22.4. The Kier molecular flexibility index (Phi) is 9.55. The summed E-state index contributed by atoms with van der Waals surface area (Å²) in [7, 11) is 0. The number of rotatable bonds is 8. The van der Waals surface area contributed by atoms with Crippen LogP contribution in [0.25, 0.3) is 66.1 Å². The molecule has 1 aliphatic rings. The van der Waals surface area contributed by atoms with Gasteiger partial charge >= 0.3 is 0 Å². The lowest BCUT2D eigenvalue weighted by Crippen LogP contribution is -2.14. The molecule has 0 radical (unpaired) electrons. The molecule has 11 rings (SSSR count). The van der Waals surface area contributed by atoms with Gasteiger partial charge in [-0.3, -0.25) is 0 Å². The maximum atomic E-state index is 2.48. The SMILES string of the molecule is Cc1ccc(-c2ccccc2)cc1N(c1ccc2cc3c(cc2c1)-c1cc2ccc(N(c4cc(-c5ccccc5)ccc4C)c4c(C)cccc4C)cc2cc1-3)c1c(C)cccc1C. The zero-order valence-electron chi connectivity index (χ0n) is 37.4. The Labute approximate surface area is 377 Å². The second kappa shape index (κ2) is 15.6. The van der Waals surface area contributed by atoms with Crippen molar-refractivity contribution in [3.05, 3.63) is 228 Å². The van der Waals surface area contributed by atoms with Crippen molar-refractivity contribution in [2.45, 2.75) is 41.5 Å². The molecule has 0 heterocycles. The van der Waals surface area contributed by atoms with Crippen molar-refractivity contribution in [2.24, 2.45) is 0 Å². The van der Waals surface area contributed by atoms with Gasteiger partial charge in [0.05, 0.1) is 11.4 Å². The van der Waals surface area contributed by atoms with Crippen LogP contribution in [0.3, 0.4) is 0 Å². The maximum Gasteiger partial charge on any atom is 0.0520 e. The third kappa shape index (κ3) is 6.66. The molecule has 0 N–H and O–H groups in total. The average Bonchev–Trinajstić information content (AvgIpc) is 3.31. The Bertz CT molecular complexity index is 3170. The Morgan fingerprint density at radius 3 is 0.984 bits per heavy atom. The summed E-state index contributed by atoms with van der Waals surface area (Å²) in [5.41, 5.74) is 24.7. The second-order valence-corrected chi connectivity index (χ2v) is 17.7. The molecule has 0 saturated carbocycles.